The van der Waals surface area contributed by atoms with E-state index < -0.39 is 0 Å². The molecule has 5 nitrogen and oxygen atoms in total. The molecule has 0 aliphatic heterocycles. The van der Waals surface area contributed by atoms with Gasteiger partial charge in [-0.15, -0.1) is 0 Å². The topological polar surface area (TPSA) is 69.0 Å². The lowest BCUT2D eigenvalue weighted by atomic mass is 9.96. The minimum absolute atomic E-state index is 0.0639. The molecule has 0 radical (unpaired) electrons. The van der Waals surface area contributed by atoms with Crippen LogP contribution in [0.3, 0.4) is 0 Å². The second-order valence-corrected chi connectivity index (χ2v) is 6.43. The normalized spacial score (nSPS) is 18.0. The Bertz CT molecular complexity index is 574. The van der Waals surface area contributed by atoms with Crippen LogP contribution >= 0.6 is 15.9 Å². The Balaban J connectivity index is 1.68. The third-order valence-electron chi connectivity index (χ3n) is 4.16. The van der Waals surface area contributed by atoms with E-state index in [9.17, 15) is 0 Å². The Hall–Kier alpha value is -1.11. The number of nitrogens with zero attached hydrogens (tertiary/aromatic N) is 2. The van der Waals surface area contributed by atoms with Crippen LogP contribution in [-0.2, 0) is 6.42 Å². The predicted octanol–water partition coefficient (Wildman–Crippen LogP) is 3.49. The number of rotatable bonds is 5. The van der Waals surface area contributed by atoms with E-state index in [4.69, 9.17) is 15.4 Å². The van der Waals surface area contributed by atoms with E-state index in [-0.39, 0.29) is 6.04 Å². The van der Waals surface area contributed by atoms with Crippen LogP contribution in [0.2, 0.25) is 0 Å². The lowest BCUT2D eigenvalue weighted by molar-refractivity contribution is 0.326. The van der Waals surface area contributed by atoms with Crippen molar-refractivity contribution < 1.29 is 4.42 Å². The minimum Gasteiger partial charge on any atom is -0.453 e. The maximum absolute atomic E-state index is 5.65. The van der Waals surface area contributed by atoms with Crippen molar-refractivity contribution in [1.82, 2.24) is 15.2 Å². The highest BCUT2D eigenvalue weighted by Gasteiger charge is 2.19. The van der Waals surface area contributed by atoms with Crippen molar-refractivity contribution >= 4 is 15.9 Å². The molecule has 3 N–H and O–H groups in total. The van der Waals surface area contributed by atoms with Crippen molar-refractivity contribution in [2.45, 2.75) is 50.6 Å². The van der Waals surface area contributed by atoms with Crippen molar-refractivity contribution in [2.24, 2.45) is 5.84 Å². The monoisotopic (exact) mass is 352 g/mol. The molecule has 114 valence electrons. The quantitative estimate of drug-likeness (QED) is 0.638. The fourth-order valence-electron chi connectivity index (χ4n) is 3.00. The van der Waals surface area contributed by atoms with Gasteiger partial charge in [0.15, 0.2) is 4.67 Å². The van der Waals surface area contributed by atoms with Crippen LogP contribution in [0.15, 0.2) is 33.5 Å². The van der Waals surface area contributed by atoms with E-state index >= 15 is 0 Å². The number of hydrazine groups is 1. The average Bonchev–Trinajstić information content (AvgIpc) is 3.15. The first kappa shape index (κ1) is 14.8. The zero-order chi connectivity index (χ0) is 14.7. The lowest BCUT2D eigenvalue weighted by Gasteiger charge is -2.21. The van der Waals surface area contributed by atoms with E-state index in [1.165, 1.54) is 32.1 Å². The molecule has 3 rings (SSSR count). The second kappa shape index (κ2) is 6.77. The molecule has 1 atom stereocenters. The highest BCUT2D eigenvalue weighted by Crippen LogP contribution is 2.28. The molecule has 2 aromatic heterocycles. The summed E-state index contributed by atoms with van der Waals surface area (Å²) in [6.45, 7) is 0. The standard InChI is InChI=1S/C15H21BrN4O/c16-15-7-6-14(21-15)13(18-17)10-11-8-9-20(19-11)12-4-2-1-3-5-12/h6-9,12-13,18H,1-5,10,17H2. The largest absolute Gasteiger partial charge is 0.453 e. The summed E-state index contributed by atoms with van der Waals surface area (Å²) in [6.07, 6.45) is 9.28. The molecular weight excluding hydrogens is 332 g/mol. The summed E-state index contributed by atoms with van der Waals surface area (Å²) in [5.74, 6) is 6.47. The van der Waals surface area contributed by atoms with E-state index in [1.54, 1.807) is 0 Å². The smallest absolute Gasteiger partial charge is 0.169 e. The summed E-state index contributed by atoms with van der Waals surface area (Å²) in [6, 6.07) is 6.38. The fourth-order valence-corrected chi connectivity index (χ4v) is 3.32. The van der Waals surface area contributed by atoms with Gasteiger partial charge in [0, 0.05) is 12.6 Å². The molecule has 6 heteroatoms. The van der Waals surface area contributed by atoms with Crippen LogP contribution < -0.4 is 11.3 Å². The van der Waals surface area contributed by atoms with E-state index in [1.807, 2.05) is 12.1 Å². The number of furan rings is 1. The van der Waals surface area contributed by atoms with Crippen molar-refractivity contribution in [3.63, 3.8) is 0 Å². The molecule has 0 spiro atoms. The molecule has 1 saturated carbocycles. The van der Waals surface area contributed by atoms with Gasteiger partial charge in [0.1, 0.15) is 5.76 Å². The lowest BCUT2D eigenvalue weighted by Crippen LogP contribution is -2.29. The summed E-state index contributed by atoms with van der Waals surface area (Å²) < 4.78 is 8.41. The first-order chi connectivity index (χ1) is 10.3. The molecule has 1 aliphatic rings. The molecule has 21 heavy (non-hydrogen) atoms. The molecular formula is C15H21BrN4O. The van der Waals surface area contributed by atoms with Gasteiger partial charge in [-0.1, -0.05) is 19.3 Å². The third kappa shape index (κ3) is 3.56. The van der Waals surface area contributed by atoms with Gasteiger partial charge in [0.25, 0.3) is 0 Å². The van der Waals surface area contributed by atoms with Crippen molar-refractivity contribution in [3.05, 3.63) is 40.5 Å². The van der Waals surface area contributed by atoms with Gasteiger partial charge in [-0.25, -0.2) is 5.43 Å². The Morgan fingerprint density at radius 2 is 2.14 bits per heavy atom. The van der Waals surface area contributed by atoms with E-state index in [2.05, 4.69) is 38.3 Å². The highest BCUT2D eigenvalue weighted by molar-refractivity contribution is 9.10. The summed E-state index contributed by atoms with van der Waals surface area (Å²) in [5, 5.41) is 4.72. The molecule has 0 bridgehead atoms. The van der Waals surface area contributed by atoms with Crippen LogP contribution in [0.25, 0.3) is 0 Å². The Kier molecular flexibility index (Phi) is 4.77. The molecule has 0 amide bonds. The molecule has 2 aromatic rings. The van der Waals surface area contributed by atoms with E-state index in [0.717, 1.165) is 17.9 Å². The summed E-state index contributed by atoms with van der Waals surface area (Å²) >= 11 is 3.32. The van der Waals surface area contributed by atoms with Gasteiger partial charge in [0.2, 0.25) is 0 Å². The number of hydrogen-bond donors (Lipinski definition) is 2. The average molecular weight is 353 g/mol. The van der Waals surface area contributed by atoms with Gasteiger partial charge in [-0.2, -0.15) is 5.10 Å². The zero-order valence-electron chi connectivity index (χ0n) is 12.0. The summed E-state index contributed by atoms with van der Waals surface area (Å²) in [4.78, 5) is 0. The Morgan fingerprint density at radius 3 is 2.81 bits per heavy atom. The van der Waals surface area contributed by atoms with Crippen molar-refractivity contribution in [3.8, 4) is 0 Å². The summed E-state index contributed by atoms with van der Waals surface area (Å²) in [7, 11) is 0. The number of nitrogens with one attached hydrogen (secondary N) is 1. The molecule has 0 aromatic carbocycles. The van der Waals surface area contributed by atoms with Gasteiger partial charge in [0.05, 0.1) is 17.8 Å². The van der Waals surface area contributed by atoms with Gasteiger partial charge in [-0.05, 0) is 47.0 Å². The van der Waals surface area contributed by atoms with Gasteiger partial charge >= 0.3 is 0 Å². The summed E-state index contributed by atoms with van der Waals surface area (Å²) in [5.41, 5.74) is 3.84. The maximum atomic E-state index is 5.65. The predicted molar refractivity (Wildman–Crippen MR) is 84.5 cm³/mol. The van der Waals surface area contributed by atoms with Gasteiger partial charge < -0.3 is 4.42 Å². The van der Waals surface area contributed by atoms with Crippen LogP contribution in [0.1, 0.15) is 55.6 Å². The fraction of sp³-hybridized carbons (Fsp3) is 0.533. The molecule has 0 saturated heterocycles. The molecule has 1 aliphatic carbocycles. The SMILES string of the molecule is NNC(Cc1ccn(C2CCCCC2)n1)c1ccc(Br)o1. The third-order valence-corrected chi connectivity index (χ3v) is 4.59. The molecule has 1 fully saturated rings. The number of halogens is 1. The molecule has 1 unspecified atom stereocenters. The van der Waals surface area contributed by atoms with Crippen molar-refractivity contribution in [2.75, 3.05) is 0 Å². The Morgan fingerprint density at radius 1 is 1.33 bits per heavy atom. The molecule has 2 heterocycles. The zero-order valence-corrected chi connectivity index (χ0v) is 13.6. The Labute approximate surface area is 133 Å². The highest BCUT2D eigenvalue weighted by atomic mass is 79.9. The maximum Gasteiger partial charge on any atom is 0.169 e. The van der Waals surface area contributed by atoms with Crippen molar-refractivity contribution in [1.29, 1.82) is 0 Å². The van der Waals surface area contributed by atoms with E-state index in [0.29, 0.717) is 10.7 Å². The van der Waals surface area contributed by atoms with Crippen LogP contribution in [0.4, 0.5) is 0 Å². The second-order valence-electron chi connectivity index (χ2n) is 5.64. The number of aromatic nitrogens is 2. The number of nitrogens with two attached hydrogens (primary N) is 1. The first-order valence-corrected chi connectivity index (χ1v) is 8.31. The van der Waals surface area contributed by atoms with Crippen LogP contribution in [0, 0.1) is 0 Å². The minimum atomic E-state index is -0.0639. The number of hydrogen-bond acceptors (Lipinski definition) is 4. The van der Waals surface area contributed by atoms with Gasteiger partial charge in [-0.3, -0.25) is 10.5 Å². The van der Waals surface area contributed by atoms with Crippen LogP contribution in [-0.4, -0.2) is 9.78 Å². The van der Waals surface area contributed by atoms with Crippen LogP contribution in [0.5, 0.6) is 0 Å². The first-order valence-electron chi connectivity index (χ1n) is 7.51.